The molecular weight excluding hydrogens is 364 g/mol. The lowest BCUT2D eigenvalue weighted by Crippen LogP contribution is -1.89. The molecule has 0 amide bonds. The molecule has 2 nitrogen and oxygen atoms in total. The maximum absolute atomic E-state index is 6.39. The van der Waals surface area contributed by atoms with Gasteiger partial charge in [0.2, 0.25) is 0 Å². The van der Waals surface area contributed by atoms with E-state index in [2.05, 4.69) is 20.9 Å². The van der Waals surface area contributed by atoms with Crippen LogP contribution in [0.2, 0.25) is 5.15 Å². The Morgan fingerprint density at radius 2 is 2.05 bits per heavy atom. The van der Waals surface area contributed by atoms with Crippen LogP contribution in [-0.4, -0.2) is 9.97 Å². The first-order valence-corrected chi connectivity index (χ1v) is 8.76. The molecule has 96 valence electrons. The van der Waals surface area contributed by atoms with Gasteiger partial charge in [-0.3, -0.25) is 0 Å². The van der Waals surface area contributed by atoms with Crippen LogP contribution in [0.1, 0.15) is 16.9 Å². The van der Waals surface area contributed by atoms with Gasteiger partial charge in [0.25, 0.3) is 0 Å². The van der Waals surface area contributed by atoms with Gasteiger partial charge in [-0.15, -0.1) is 22.7 Å². The fraction of sp³-hybridized carbons (Fsp3) is 0.231. The fourth-order valence-corrected chi connectivity index (χ4v) is 5.42. The van der Waals surface area contributed by atoms with E-state index in [9.17, 15) is 0 Å². The maximum atomic E-state index is 6.39. The summed E-state index contributed by atoms with van der Waals surface area (Å²) in [6.07, 6.45) is 3.50. The second kappa shape index (κ2) is 4.52. The molecule has 1 aliphatic rings. The highest BCUT2D eigenvalue weighted by atomic mass is 79.9. The molecule has 0 saturated carbocycles. The van der Waals surface area contributed by atoms with E-state index in [0.717, 1.165) is 37.5 Å². The summed E-state index contributed by atoms with van der Waals surface area (Å²) in [6.45, 7) is 0. The summed E-state index contributed by atoms with van der Waals surface area (Å²) in [5, 5.41) is 1.68. The molecule has 3 heterocycles. The summed E-state index contributed by atoms with van der Waals surface area (Å²) in [5.74, 6) is 0.730. The van der Waals surface area contributed by atoms with Crippen molar-refractivity contribution in [3.63, 3.8) is 0 Å². The minimum atomic E-state index is 0.601. The van der Waals surface area contributed by atoms with Gasteiger partial charge in [-0.05, 0) is 52.9 Å². The van der Waals surface area contributed by atoms with Gasteiger partial charge in [0.15, 0.2) is 5.82 Å². The van der Waals surface area contributed by atoms with Crippen LogP contribution in [0.25, 0.3) is 20.9 Å². The summed E-state index contributed by atoms with van der Waals surface area (Å²) in [4.78, 5) is 12.7. The Morgan fingerprint density at radius 1 is 1.16 bits per heavy atom. The van der Waals surface area contributed by atoms with E-state index in [0.29, 0.717) is 5.15 Å². The van der Waals surface area contributed by atoms with Crippen molar-refractivity contribution in [1.82, 2.24) is 9.97 Å². The Bertz CT molecular complexity index is 793. The van der Waals surface area contributed by atoms with Crippen molar-refractivity contribution in [1.29, 1.82) is 0 Å². The summed E-state index contributed by atoms with van der Waals surface area (Å²) >= 11 is 13.3. The third-order valence-corrected chi connectivity index (χ3v) is 6.39. The Balaban J connectivity index is 1.96. The first kappa shape index (κ1) is 12.3. The monoisotopic (exact) mass is 370 g/mol. The smallest absolute Gasteiger partial charge is 0.172 e. The van der Waals surface area contributed by atoms with Crippen molar-refractivity contribution < 1.29 is 0 Å². The number of rotatable bonds is 1. The van der Waals surface area contributed by atoms with E-state index in [-0.39, 0.29) is 0 Å². The SMILES string of the molecule is Clc1nc(-c2ccc(Br)s2)nc2sc3c(c12)CCC3. The van der Waals surface area contributed by atoms with Crippen LogP contribution in [0.4, 0.5) is 0 Å². The molecule has 4 rings (SSSR count). The number of hydrogen-bond donors (Lipinski definition) is 0. The van der Waals surface area contributed by atoms with Crippen LogP contribution in [0.5, 0.6) is 0 Å². The standard InChI is InChI=1S/C13H8BrClN2S2/c14-9-5-4-8(18-9)12-16-11(15)10-6-2-1-3-7(6)19-13(10)17-12/h4-5H,1-3H2. The molecule has 0 fully saturated rings. The van der Waals surface area contributed by atoms with Gasteiger partial charge in [0, 0.05) is 4.88 Å². The van der Waals surface area contributed by atoms with Crippen LogP contribution in [0, 0.1) is 0 Å². The molecule has 0 unspecified atom stereocenters. The number of aryl methyl sites for hydroxylation is 2. The lowest BCUT2D eigenvalue weighted by Gasteiger charge is -2.00. The van der Waals surface area contributed by atoms with Gasteiger partial charge >= 0.3 is 0 Å². The first-order valence-electron chi connectivity index (χ1n) is 5.96. The molecule has 3 aromatic rings. The third kappa shape index (κ3) is 1.95. The summed E-state index contributed by atoms with van der Waals surface area (Å²) in [7, 11) is 0. The van der Waals surface area contributed by atoms with Crippen LogP contribution < -0.4 is 0 Å². The van der Waals surface area contributed by atoms with Gasteiger partial charge in [-0.1, -0.05) is 11.6 Å². The van der Waals surface area contributed by atoms with Crippen LogP contribution >= 0.6 is 50.2 Å². The second-order valence-electron chi connectivity index (χ2n) is 4.48. The maximum Gasteiger partial charge on any atom is 0.172 e. The van der Waals surface area contributed by atoms with Gasteiger partial charge in [-0.2, -0.15) is 0 Å². The van der Waals surface area contributed by atoms with E-state index in [4.69, 9.17) is 16.6 Å². The highest BCUT2D eigenvalue weighted by Gasteiger charge is 2.22. The van der Waals surface area contributed by atoms with Crippen molar-refractivity contribution in [2.75, 3.05) is 0 Å². The minimum absolute atomic E-state index is 0.601. The predicted octanol–water partition coefficient (Wildman–Crippen LogP) is 5.32. The van der Waals surface area contributed by atoms with Crippen LogP contribution in [-0.2, 0) is 12.8 Å². The lowest BCUT2D eigenvalue weighted by atomic mass is 10.2. The van der Waals surface area contributed by atoms with Crippen molar-refractivity contribution in [2.45, 2.75) is 19.3 Å². The summed E-state index contributed by atoms with van der Waals surface area (Å²) in [5.41, 5.74) is 1.38. The van der Waals surface area contributed by atoms with Crippen molar-refractivity contribution in [2.24, 2.45) is 0 Å². The topological polar surface area (TPSA) is 25.8 Å². The normalized spacial score (nSPS) is 14.2. The van der Waals surface area contributed by atoms with Crippen LogP contribution in [0.15, 0.2) is 15.9 Å². The quantitative estimate of drug-likeness (QED) is 0.541. The van der Waals surface area contributed by atoms with Gasteiger partial charge in [0.05, 0.1) is 14.0 Å². The zero-order valence-corrected chi connectivity index (χ0v) is 13.7. The van der Waals surface area contributed by atoms with Gasteiger partial charge in [0.1, 0.15) is 9.98 Å². The van der Waals surface area contributed by atoms with E-state index in [1.54, 1.807) is 22.7 Å². The molecule has 1 aliphatic carbocycles. The molecule has 0 spiro atoms. The fourth-order valence-electron chi connectivity index (χ4n) is 2.50. The van der Waals surface area contributed by atoms with Crippen LogP contribution in [0.3, 0.4) is 0 Å². The molecule has 19 heavy (non-hydrogen) atoms. The Labute approximate surface area is 131 Å². The second-order valence-corrected chi connectivity index (χ2v) is 8.38. The van der Waals surface area contributed by atoms with Crippen molar-refractivity contribution in [3.8, 4) is 10.7 Å². The summed E-state index contributed by atoms with van der Waals surface area (Å²) < 4.78 is 1.08. The van der Waals surface area contributed by atoms with E-state index < -0.39 is 0 Å². The molecule has 0 atom stereocenters. The lowest BCUT2D eigenvalue weighted by molar-refractivity contribution is 0.917. The number of fused-ring (bicyclic) bond motifs is 3. The zero-order chi connectivity index (χ0) is 13.0. The molecule has 0 aliphatic heterocycles. The van der Waals surface area contributed by atoms with E-state index in [1.807, 2.05) is 12.1 Å². The number of hydrogen-bond acceptors (Lipinski definition) is 4. The Morgan fingerprint density at radius 3 is 2.84 bits per heavy atom. The number of halogens is 2. The summed E-state index contributed by atoms with van der Waals surface area (Å²) in [6, 6.07) is 4.03. The predicted molar refractivity (Wildman–Crippen MR) is 85.5 cm³/mol. The molecule has 0 saturated heterocycles. The van der Waals surface area contributed by atoms with Gasteiger partial charge in [-0.25, -0.2) is 9.97 Å². The molecule has 0 aromatic carbocycles. The highest BCUT2D eigenvalue weighted by molar-refractivity contribution is 9.11. The van der Waals surface area contributed by atoms with Crippen molar-refractivity contribution >= 4 is 60.4 Å². The minimum Gasteiger partial charge on any atom is -0.216 e. The van der Waals surface area contributed by atoms with E-state index in [1.165, 1.54) is 16.9 Å². The third-order valence-electron chi connectivity index (χ3n) is 3.31. The number of nitrogens with zero attached hydrogens (tertiary/aromatic N) is 2. The van der Waals surface area contributed by atoms with Crippen molar-refractivity contribution in [3.05, 3.63) is 31.5 Å². The number of aromatic nitrogens is 2. The molecule has 0 bridgehead atoms. The number of thiophene rings is 2. The molecular formula is C13H8BrClN2S2. The van der Waals surface area contributed by atoms with Gasteiger partial charge < -0.3 is 0 Å². The zero-order valence-electron chi connectivity index (χ0n) is 9.74. The molecule has 0 N–H and O–H groups in total. The Hall–Kier alpha value is -0.490. The first-order chi connectivity index (χ1) is 9.22. The largest absolute Gasteiger partial charge is 0.216 e. The average Bonchev–Trinajstić information content (AvgIpc) is 3.02. The van der Waals surface area contributed by atoms with E-state index >= 15 is 0 Å². The molecule has 3 aromatic heterocycles. The molecule has 6 heteroatoms. The molecule has 0 radical (unpaired) electrons. The highest BCUT2D eigenvalue weighted by Crippen LogP contribution is 2.40. The Kier molecular flexibility index (Phi) is 2.92. The average molecular weight is 372 g/mol.